The summed E-state index contributed by atoms with van der Waals surface area (Å²) in [5, 5.41) is 4.67. The summed E-state index contributed by atoms with van der Waals surface area (Å²) in [6.45, 7) is 7.22. The van der Waals surface area contributed by atoms with E-state index in [0.29, 0.717) is 22.6 Å². The molecule has 6 heteroatoms. The minimum atomic E-state index is -0.588. The van der Waals surface area contributed by atoms with Crippen molar-refractivity contribution in [3.05, 3.63) is 52.5 Å². The number of aromatic nitrogens is 2. The monoisotopic (exact) mass is 354 g/mol. The second-order valence-corrected chi connectivity index (χ2v) is 6.56. The zero-order valence-electron chi connectivity index (χ0n) is 15.4. The molecule has 0 aliphatic heterocycles. The van der Waals surface area contributed by atoms with E-state index in [9.17, 15) is 9.59 Å². The highest BCUT2D eigenvalue weighted by Crippen LogP contribution is 2.24. The third-order valence-electron chi connectivity index (χ3n) is 4.44. The second kappa shape index (κ2) is 7.15. The Balaban J connectivity index is 1.78. The lowest BCUT2D eigenvalue weighted by atomic mass is 10.0. The van der Waals surface area contributed by atoms with Crippen LogP contribution in [-0.4, -0.2) is 28.5 Å². The van der Waals surface area contributed by atoms with Gasteiger partial charge >= 0.3 is 5.97 Å². The smallest absolute Gasteiger partial charge is 0.344 e. The number of hydrogen-bond donors (Lipinski definition) is 1. The molecule has 3 rings (SSSR count). The summed E-state index contributed by atoms with van der Waals surface area (Å²) in [5.74, 6) is -0.372. The quantitative estimate of drug-likeness (QED) is 0.530. The van der Waals surface area contributed by atoms with Crippen molar-refractivity contribution >= 4 is 22.7 Å². The summed E-state index contributed by atoms with van der Waals surface area (Å²) in [7, 11) is 0. The molecule has 26 heavy (non-hydrogen) atoms. The Morgan fingerprint density at radius 3 is 2.77 bits per heavy atom. The first-order valence-electron chi connectivity index (χ1n) is 8.69. The molecule has 0 spiro atoms. The van der Waals surface area contributed by atoms with Gasteiger partial charge in [-0.05, 0) is 18.9 Å². The number of fused-ring (bicyclic) bond motifs is 1. The molecule has 0 aliphatic carbocycles. The number of nitrogens with one attached hydrogen (secondary N) is 1. The van der Waals surface area contributed by atoms with Crippen LogP contribution in [0.2, 0.25) is 0 Å². The second-order valence-electron chi connectivity index (χ2n) is 6.56. The van der Waals surface area contributed by atoms with Crippen molar-refractivity contribution in [3.8, 4) is 0 Å². The van der Waals surface area contributed by atoms with Gasteiger partial charge in [0.1, 0.15) is 5.56 Å². The van der Waals surface area contributed by atoms with Crippen LogP contribution in [0.5, 0.6) is 0 Å². The average Bonchev–Trinajstić information content (AvgIpc) is 3.22. The number of H-pyrrole nitrogens is 1. The maximum Gasteiger partial charge on any atom is 0.344 e. The number of nitrogens with zero attached hydrogens (tertiary/aromatic N) is 1. The molecule has 3 aromatic rings. The molecule has 0 bridgehead atoms. The van der Waals surface area contributed by atoms with Crippen LogP contribution in [0.15, 0.2) is 28.9 Å². The molecule has 0 fully saturated rings. The molecule has 0 amide bonds. The van der Waals surface area contributed by atoms with E-state index in [0.717, 1.165) is 22.9 Å². The lowest BCUT2D eigenvalue weighted by molar-refractivity contribution is 0.0471. The molecule has 0 atom stereocenters. The Hall–Kier alpha value is -2.89. The van der Waals surface area contributed by atoms with Crippen molar-refractivity contribution in [3.63, 3.8) is 0 Å². The molecule has 0 saturated carbocycles. The molecular formula is C20H22N2O4. The van der Waals surface area contributed by atoms with E-state index in [1.807, 2.05) is 32.0 Å². The number of rotatable bonds is 6. The van der Waals surface area contributed by atoms with Gasteiger partial charge in [0, 0.05) is 28.6 Å². The summed E-state index contributed by atoms with van der Waals surface area (Å²) >= 11 is 0. The highest BCUT2D eigenvalue weighted by Gasteiger charge is 2.25. The van der Waals surface area contributed by atoms with Crippen molar-refractivity contribution in [2.24, 2.45) is 0 Å². The highest BCUT2D eigenvalue weighted by molar-refractivity contribution is 6.09. The Morgan fingerprint density at radius 1 is 1.31 bits per heavy atom. The van der Waals surface area contributed by atoms with Crippen molar-refractivity contribution in [1.82, 2.24) is 10.1 Å². The Kier molecular flexibility index (Phi) is 4.93. The van der Waals surface area contributed by atoms with Gasteiger partial charge in [-0.15, -0.1) is 0 Å². The van der Waals surface area contributed by atoms with Gasteiger partial charge in [0.15, 0.2) is 12.4 Å². The zero-order chi connectivity index (χ0) is 18.8. The topological polar surface area (TPSA) is 85.2 Å². The van der Waals surface area contributed by atoms with Crippen LogP contribution in [0.3, 0.4) is 0 Å². The van der Waals surface area contributed by atoms with Crippen molar-refractivity contribution in [2.45, 2.75) is 40.0 Å². The third-order valence-corrected chi connectivity index (χ3v) is 4.44. The summed E-state index contributed by atoms with van der Waals surface area (Å²) in [4.78, 5) is 28.1. The molecule has 136 valence electrons. The molecule has 0 saturated heterocycles. The van der Waals surface area contributed by atoms with Crippen LogP contribution in [0.4, 0.5) is 0 Å². The fourth-order valence-electron chi connectivity index (χ4n) is 3.05. The van der Waals surface area contributed by atoms with Gasteiger partial charge in [0.25, 0.3) is 0 Å². The van der Waals surface area contributed by atoms with Crippen LogP contribution in [0.25, 0.3) is 10.9 Å². The number of benzene rings is 1. The van der Waals surface area contributed by atoms with E-state index < -0.39 is 5.97 Å². The largest absolute Gasteiger partial charge is 0.454 e. The number of hydrogen-bond acceptors (Lipinski definition) is 5. The van der Waals surface area contributed by atoms with E-state index in [1.54, 1.807) is 13.1 Å². The number of carbonyl (C=O) groups is 2. The maximum absolute atomic E-state index is 12.6. The lowest BCUT2D eigenvalue weighted by Gasteiger charge is -2.06. The molecule has 0 unspecified atom stereocenters. The summed E-state index contributed by atoms with van der Waals surface area (Å²) < 4.78 is 10.4. The minimum absolute atomic E-state index is 0.00414. The predicted molar refractivity (Wildman–Crippen MR) is 97.6 cm³/mol. The molecule has 0 radical (unpaired) electrons. The van der Waals surface area contributed by atoms with Crippen LogP contribution in [-0.2, 0) is 11.2 Å². The van der Waals surface area contributed by atoms with E-state index in [4.69, 9.17) is 9.26 Å². The number of Topliss-reactive ketones (excluding diaryl/α,β-unsaturated/α-hetero) is 1. The van der Waals surface area contributed by atoms with Gasteiger partial charge in [0.2, 0.25) is 5.78 Å². The van der Waals surface area contributed by atoms with Crippen LogP contribution >= 0.6 is 0 Å². The first-order valence-corrected chi connectivity index (χ1v) is 8.69. The van der Waals surface area contributed by atoms with E-state index >= 15 is 0 Å². The van der Waals surface area contributed by atoms with Crippen molar-refractivity contribution in [1.29, 1.82) is 0 Å². The number of para-hydroxylation sites is 1. The first kappa shape index (κ1) is 17.9. The Labute approximate surface area is 151 Å². The number of ether oxygens (including phenoxy) is 1. The lowest BCUT2D eigenvalue weighted by Crippen LogP contribution is -2.15. The molecule has 1 N–H and O–H groups in total. The summed E-state index contributed by atoms with van der Waals surface area (Å²) in [6.07, 6.45) is 2.54. The van der Waals surface area contributed by atoms with Gasteiger partial charge in [0.05, 0.1) is 5.69 Å². The average molecular weight is 354 g/mol. The van der Waals surface area contributed by atoms with Crippen LogP contribution in [0.1, 0.15) is 64.4 Å². The van der Waals surface area contributed by atoms with Gasteiger partial charge in [-0.1, -0.05) is 44.1 Å². The SMILES string of the molecule is CCc1cccc2c(C(=O)COC(=O)c3c(C)noc3C(C)C)c[nH]c12. The predicted octanol–water partition coefficient (Wildman–Crippen LogP) is 4.19. The number of ketones is 1. The normalized spacial score (nSPS) is 11.3. The Bertz CT molecular complexity index is 966. The summed E-state index contributed by atoms with van der Waals surface area (Å²) in [6, 6.07) is 5.84. The molecular weight excluding hydrogens is 332 g/mol. The minimum Gasteiger partial charge on any atom is -0.454 e. The standard InChI is InChI=1S/C20H22N2O4/c1-5-13-7-6-8-14-15(9-21-18(13)14)16(23)10-25-20(24)17-12(4)22-26-19(17)11(2)3/h6-9,11,21H,5,10H2,1-4H3. The molecule has 1 aromatic carbocycles. The molecule has 2 heterocycles. The molecule has 6 nitrogen and oxygen atoms in total. The van der Waals surface area contributed by atoms with Crippen LogP contribution in [0, 0.1) is 6.92 Å². The van der Waals surface area contributed by atoms with E-state index in [2.05, 4.69) is 17.1 Å². The number of carbonyl (C=O) groups excluding carboxylic acids is 2. The van der Waals surface area contributed by atoms with Gasteiger partial charge in [-0.25, -0.2) is 4.79 Å². The zero-order valence-corrected chi connectivity index (χ0v) is 15.4. The van der Waals surface area contributed by atoms with E-state index in [-0.39, 0.29) is 18.3 Å². The summed E-state index contributed by atoms with van der Waals surface area (Å²) in [5.41, 5.74) is 3.38. The van der Waals surface area contributed by atoms with E-state index in [1.165, 1.54) is 0 Å². The van der Waals surface area contributed by atoms with Gasteiger partial charge < -0.3 is 14.2 Å². The highest BCUT2D eigenvalue weighted by atomic mass is 16.5. The van der Waals surface area contributed by atoms with Crippen molar-refractivity contribution < 1.29 is 18.8 Å². The van der Waals surface area contributed by atoms with Crippen molar-refractivity contribution in [2.75, 3.05) is 6.61 Å². The fourth-order valence-corrected chi connectivity index (χ4v) is 3.05. The molecule has 0 aliphatic rings. The van der Waals surface area contributed by atoms with Crippen LogP contribution < -0.4 is 0 Å². The maximum atomic E-state index is 12.6. The Morgan fingerprint density at radius 2 is 2.08 bits per heavy atom. The number of aryl methyl sites for hydroxylation is 2. The van der Waals surface area contributed by atoms with Gasteiger partial charge in [-0.2, -0.15) is 0 Å². The molecule has 2 aromatic heterocycles. The fraction of sp³-hybridized carbons (Fsp3) is 0.350. The first-order chi connectivity index (χ1) is 12.4. The third kappa shape index (κ3) is 3.14. The van der Waals surface area contributed by atoms with Gasteiger partial charge in [-0.3, -0.25) is 4.79 Å². The number of aromatic amines is 1. The number of esters is 1.